The molecule has 1 aliphatic rings. The van der Waals surface area contributed by atoms with Crippen LogP contribution in [0, 0.1) is 35.8 Å². The van der Waals surface area contributed by atoms with Gasteiger partial charge in [0.2, 0.25) is 9.84 Å². The molecule has 0 saturated heterocycles. The van der Waals surface area contributed by atoms with Crippen LogP contribution in [0.5, 0.6) is 0 Å². The minimum atomic E-state index is -3.98. The van der Waals surface area contributed by atoms with Crippen LogP contribution in [0.25, 0.3) is 19.5 Å². The van der Waals surface area contributed by atoms with Gasteiger partial charge in [0, 0.05) is 0 Å². The van der Waals surface area contributed by atoms with Gasteiger partial charge in [-0.05, 0) is 41.0 Å². The van der Waals surface area contributed by atoms with Crippen LogP contribution in [0.4, 0.5) is 5.69 Å². The molecular formula is C22H10N4O2S. The molecule has 7 heteroatoms. The van der Waals surface area contributed by atoms with Gasteiger partial charge in [0.15, 0.2) is 5.69 Å². The van der Waals surface area contributed by atoms with Gasteiger partial charge in [0.25, 0.3) is 5.70 Å². The van der Waals surface area contributed by atoms with Gasteiger partial charge in [-0.15, -0.1) is 0 Å². The van der Waals surface area contributed by atoms with E-state index in [4.69, 9.17) is 18.4 Å². The second-order valence-electron chi connectivity index (χ2n) is 5.90. The fraction of sp³-hybridized carbons (Fsp3) is 0. The van der Waals surface area contributed by atoms with Crippen LogP contribution >= 0.6 is 0 Å². The predicted octanol–water partition coefficient (Wildman–Crippen LogP) is 4.62. The van der Waals surface area contributed by atoms with Crippen molar-refractivity contribution in [3.8, 4) is 12.1 Å². The minimum absolute atomic E-state index is 0.0673. The van der Waals surface area contributed by atoms with Crippen molar-refractivity contribution in [1.82, 2.24) is 0 Å². The molecule has 0 amide bonds. The molecule has 0 saturated carbocycles. The fourth-order valence-corrected chi connectivity index (χ4v) is 4.47. The lowest BCUT2D eigenvalue weighted by Crippen LogP contribution is -2.11. The number of nitrogens with zero attached hydrogens (tertiary/aromatic N) is 4. The maximum Gasteiger partial charge on any atom is 0.269 e. The van der Waals surface area contributed by atoms with Gasteiger partial charge in [-0.25, -0.2) is 23.4 Å². The molecule has 0 bridgehead atoms. The Hall–Kier alpha value is -4.43. The van der Waals surface area contributed by atoms with Crippen molar-refractivity contribution in [2.75, 3.05) is 0 Å². The molecule has 0 fully saturated rings. The molecule has 0 atom stereocenters. The number of sulfone groups is 1. The van der Waals surface area contributed by atoms with Crippen LogP contribution in [0.2, 0.25) is 0 Å². The van der Waals surface area contributed by atoms with Crippen LogP contribution in [-0.4, -0.2) is 8.42 Å². The normalized spacial score (nSPS) is 16.1. The molecule has 0 spiro atoms. The molecule has 0 unspecified atom stereocenters. The molecule has 0 aromatic heterocycles. The monoisotopic (exact) mass is 394 g/mol. The van der Waals surface area contributed by atoms with Crippen molar-refractivity contribution in [1.29, 1.82) is 10.5 Å². The number of rotatable bonds is 2. The van der Waals surface area contributed by atoms with Gasteiger partial charge < -0.3 is 0 Å². The Balaban J connectivity index is 2.28. The first kappa shape index (κ1) is 19.3. The average molecular weight is 394 g/mol. The van der Waals surface area contributed by atoms with Crippen LogP contribution in [0.1, 0.15) is 16.7 Å². The molecule has 0 radical (unpaired) electrons. The summed E-state index contributed by atoms with van der Waals surface area (Å²) < 4.78 is 26.6. The second-order valence-corrected chi connectivity index (χ2v) is 7.78. The van der Waals surface area contributed by atoms with Crippen molar-refractivity contribution in [2.24, 2.45) is 0 Å². The molecule has 0 aliphatic carbocycles. The second kappa shape index (κ2) is 7.67. The van der Waals surface area contributed by atoms with Crippen LogP contribution in [-0.2, 0) is 9.84 Å². The van der Waals surface area contributed by atoms with Gasteiger partial charge in [-0.1, -0.05) is 36.4 Å². The summed E-state index contributed by atoms with van der Waals surface area (Å²) in [7, 11) is -3.98. The minimum Gasteiger partial charge on any atom is -0.238 e. The zero-order valence-electron chi connectivity index (χ0n) is 14.8. The van der Waals surface area contributed by atoms with E-state index in [9.17, 15) is 13.7 Å². The maximum atomic E-state index is 13.3. The largest absolute Gasteiger partial charge is 0.269 e. The molecule has 2 aromatic rings. The molecule has 1 heterocycles. The van der Waals surface area contributed by atoms with Crippen molar-refractivity contribution in [2.45, 2.75) is 0 Å². The van der Waals surface area contributed by atoms with Gasteiger partial charge in [0.1, 0.15) is 0 Å². The Labute approximate surface area is 168 Å². The summed E-state index contributed by atoms with van der Waals surface area (Å²) in [5, 5.41) is 18.2. The van der Waals surface area contributed by atoms with E-state index in [0.29, 0.717) is 22.4 Å². The quantitative estimate of drug-likeness (QED) is 0.549. The molecule has 2 aromatic carbocycles. The van der Waals surface area contributed by atoms with E-state index in [0.717, 1.165) is 0 Å². The highest BCUT2D eigenvalue weighted by molar-refractivity contribution is 8.09. The van der Waals surface area contributed by atoms with Crippen LogP contribution in [0.3, 0.4) is 0 Å². The van der Waals surface area contributed by atoms with Crippen molar-refractivity contribution in [3.63, 3.8) is 0 Å². The number of nitriles is 2. The van der Waals surface area contributed by atoms with E-state index in [1.807, 2.05) is 6.07 Å². The third-order valence-electron chi connectivity index (χ3n) is 4.22. The zero-order chi connectivity index (χ0) is 21.0. The summed E-state index contributed by atoms with van der Waals surface area (Å²) in [5.74, 6) is 0. The number of benzene rings is 2. The molecule has 0 N–H and O–H groups in total. The molecule has 6 nitrogen and oxygen atoms in total. The predicted molar refractivity (Wildman–Crippen MR) is 108 cm³/mol. The summed E-state index contributed by atoms with van der Waals surface area (Å²) in [5.41, 5.74) is 1.37. The summed E-state index contributed by atoms with van der Waals surface area (Å²) in [6.45, 7) is 14.2. The van der Waals surface area contributed by atoms with Gasteiger partial charge in [-0.2, -0.15) is 5.26 Å². The Morgan fingerprint density at radius 1 is 0.862 bits per heavy atom. The summed E-state index contributed by atoms with van der Waals surface area (Å²) in [4.78, 5) is 6.35. The molecule has 29 heavy (non-hydrogen) atoms. The highest BCUT2D eigenvalue weighted by atomic mass is 32.2. The van der Waals surface area contributed by atoms with Gasteiger partial charge in [-0.3, -0.25) is 0 Å². The van der Waals surface area contributed by atoms with E-state index in [2.05, 4.69) is 9.69 Å². The van der Waals surface area contributed by atoms with E-state index in [1.165, 1.54) is 60.7 Å². The van der Waals surface area contributed by atoms with E-state index in [1.54, 1.807) is 6.07 Å². The highest BCUT2D eigenvalue weighted by Gasteiger charge is 2.30. The lowest BCUT2D eigenvalue weighted by Gasteiger charge is -2.19. The highest BCUT2D eigenvalue weighted by Crippen LogP contribution is 2.39. The smallest absolute Gasteiger partial charge is 0.238 e. The fourth-order valence-electron chi connectivity index (χ4n) is 2.77. The molecule has 136 valence electrons. The first-order valence-corrected chi connectivity index (χ1v) is 9.61. The lowest BCUT2D eigenvalue weighted by molar-refractivity contribution is 0.614. The van der Waals surface area contributed by atoms with Crippen molar-refractivity contribution in [3.05, 3.63) is 111 Å². The summed E-state index contributed by atoms with van der Waals surface area (Å²) >= 11 is 0. The lowest BCUT2D eigenvalue weighted by atomic mass is 10.1. The van der Waals surface area contributed by atoms with E-state index < -0.39 is 9.84 Å². The van der Waals surface area contributed by atoms with Crippen LogP contribution < -0.4 is 0 Å². The number of hydrogen-bond donors (Lipinski definition) is 0. The Kier molecular flexibility index (Phi) is 5.11. The van der Waals surface area contributed by atoms with Crippen LogP contribution in [0.15, 0.2) is 72.0 Å². The SMILES string of the molecule is [C-]#[N+]/C(C#N)=C1/C=C(c2ccc(C#N)cc2)S(=O)(=O)C(c2ccc([N+]#[C-])cc2)=C1. The van der Waals surface area contributed by atoms with Crippen molar-refractivity contribution < 1.29 is 8.42 Å². The zero-order valence-corrected chi connectivity index (χ0v) is 15.6. The van der Waals surface area contributed by atoms with E-state index in [-0.39, 0.29) is 21.1 Å². The standard InChI is InChI=1S/C22H10N4O2S/c1-25-19-9-7-17(8-10-19)22-12-18(20(14-24)26-2)11-21(29(22,27)28)16-5-3-15(13-23)4-6-16/h3-12H/b20-18-. The molecule has 1 aliphatic heterocycles. The third kappa shape index (κ3) is 3.55. The first-order valence-electron chi connectivity index (χ1n) is 8.13. The Morgan fingerprint density at radius 3 is 1.79 bits per heavy atom. The summed E-state index contributed by atoms with van der Waals surface area (Å²) in [6.07, 6.45) is 2.59. The topological polar surface area (TPSA) is 90.4 Å². The Morgan fingerprint density at radius 2 is 1.38 bits per heavy atom. The van der Waals surface area contributed by atoms with Gasteiger partial charge in [0.05, 0.1) is 40.7 Å². The molecular weight excluding hydrogens is 384 g/mol. The summed E-state index contributed by atoms with van der Waals surface area (Å²) in [6, 6.07) is 15.8. The third-order valence-corrected chi connectivity index (χ3v) is 6.09. The van der Waals surface area contributed by atoms with Gasteiger partial charge >= 0.3 is 0 Å². The van der Waals surface area contributed by atoms with E-state index >= 15 is 0 Å². The number of allylic oxidation sites excluding steroid dienone is 4. The van der Waals surface area contributed by atoms with Crippen molar-refractivity contribution >= 4 is 25.3 Å². The number of hydrogen-bond acceptors (Lipinski definition) is 4. The average Bonchev–Trinajstić information content (AvgIpc) is 2.75. The maximum absolute atomic E-state index is 13.3. The Bertz CT molecular complexity index is 1270. The first-order chi connectivity index (χ1) is 13.9. The molecule has 3 rings (SSSR count).